The summed E-state index contributed by atoms with van der Waals surface area (Å²) in [6.45, 7) is 9.43. The lowest BCUT2D eigenvalue weighted by Crippen LogP contribution is -2.60. The van der Waals surface area contributed by atoms with Gasteiger partial charge in [-0.1, -0.05) is 39.0 Å². The maximum absolute atomic E-state index is 5.80. The minimum atomic E-state index is 0.182. The Morgan fingerprint density at radius 2 is 1.78 bits per heavy atom. The van der Waals surface area contributed by atoms with Crippen LogP contribution in [0.2, 0.25) is 0 Å². The van der Waals surface area contributed by atoms with Gasteiger partial charge in [-0.25, -0.2) is 0 Å². The monoisotopic (exact) mass is 255 g/mol. The Hall–Kier alpha value is -0.120. The molecule has 0 spiro atoms. The molecule has 1 fully saturated rings. The molecule has 0 radical (unpaired) electrons. The molecule has 1 aliphatic heterocycles. The highest BCUT2D eigenvalue weighted by Gasteiger charge is 2.34. The Morgan fingerprint density at radius 1 is 1.11 bits per heavy atom. The van der Waals surface area contributed by atoms with E-state index in [0.717, 1.165) is 0 Å². The van der Waals surface area contributed by atoms with E-state index in [4.69, 9.17) is 5.84 Å². The van der Waals surface area contributed by atoms with Gasteiger partial charge in [-0.3, -0.25) is 16.2 Å². The van der Waals surface area contributed by atoms with Crippen LogP contribution in [0.5, 0.6) is 0 Å². The average Bonchev–Trinajstić information content (AvgIpc) is 2.39. The van der Waals surface area contributed by atoms with E-state index >= 15 is 0 Å². The van der Waals surface area contributed by atoms with E-state index in [-0.39, 0.29) is 5.54 Å². The molecule has 1 unspecified atom stereocenters. The van der Waals surface area contributed by atoms with Crippen molar-refractivity contribution in [1.29, 1.82) is 0 Å². The van der Waals surface area contributed by atoms with Crippen LogP contribution in [0.1, 0.15) is 72.1 Å². The molecule has 0 amide bonds. The molecule has 0 saturated carbocycles. The zero-order chi connectivity index (χ0) is 13.4. The quantitative estimate of drug-likeness (QED) is 0.398. The summed E-state index contributed by atoms with van der Waals surface area (Å²) in [5, 5.41) is 0. The largest absolute Gasteiger partial charge is 0.297 e. The average molecular weight is 255 g/mol. The minimum absolute atomic E-state index is 0.182. The van der Waals surface area contributed by atoms with Gasteiger partial charge >= 0.3 is 0 Å². The SMILES string of the molecule is CCCCCCC(NN)C(C)(C)N1CCCCC1. The first kappa shape index (κ1) is 15.9. The van der Waals surface area contributed by atoms with Crippen molar-refractivity contribution in [3.8, 4) is 0 Å². The normalized spacial score (nSPS) is 20.0. The highest BCUT2D eigenvalue weighted by Crippen LogP contribution is 2.26. The van der Waals surface area contributed by atoms with E-state index in [0.29, 0.717) is 6.04 Å². The molecule has 1 rings (SSSR count). The van der Waals surface area contributed by atoms with Gasteiger partial charge in [0.1, 0.15) is 0 Å². The first-order valence-electron chi connectivity index (χ1n) is 7.84. The third-order valence-electron chi connectivity index (χ3n) is 4.57. The smallest absolute Gasteiger partial charge is 0.0389 e. The Labute approximate surface area is 113 Å². The van der Waals surface area contributed by atoms with Crippen LogP contribution >= 0.6 is 0 Å². The Morgan fingerprint density at radius 3 is 2.33 bits per heavy atom. The maximum Gasteiger partial charge on any atom is 0.0389 e. The summed E-state index contributed by atoms with van der Waals surface area (Å²) >= 11 is 0. The third-order valence-corrected chi connectivity index (χ3v) is 4.57. The standard InChI is InChI=1S/C15H33N3/c1-4-5-6-8-11-14(17-16)15(2,3)18-12-9-7-10-13-18/h14,17H,4-13,16H2,1-3H3. The van der Waals surface area contributed by atoms with Crippen LogP contribution < -0.4 is 11.3 Å². The number of hydrazine groups is 1. The van der Waals surface area contributed by atoms with Crippen molar-refractivity contribution in [3.05, 3.63) is 0 Å². The van der Waals surface area contributed by atoms with E-state index in [1.54, 1.807) is 0 Å². The van der Waals surface area contributed by atoms with Crippen LogP contribution in [0, 0.1) is 0 Å². The van der Waals surface area contributed by atoms with Crippen LogP contribution in [0.25, 0.3) is 0 Å². The van der Waals surface area contributed by atoms with Crippen LogP contribution in [-0.2, 0) is 0 Å². The van der Waals surface area contributed by atoms with Crippen molar-refractivity contribution in [1.82, 2.24) is 10.3 Å². The van der Waals surface area contributed by atoms with Crippen LogP contribution in [0.4, 0.5) is 0 Å². The molecule has 0 aromatic heterocycles. The number of hydrogen-bond acceptors (Lipinski definition) is 3. The molecule has 3 heteroatoms. The summed E-state index contributed by atoms with van der Waals surface area (Å²) in [4.78, 5) is 2.63. The molecule has 3 N–H and O–H groups in total. The highest BCUT2D eigenvalue weighted by molar-refractivity contribution is 4.93. The lowest BCUT2D eigenvalue weighted by Gasteiger charge is -2.46. The van der Waals surface area contributed by atoms with Crippen molar-refractivity contribution < 1.29 is 0 Å². The molecule has 1 aliphatic rings. The Balaban J connectivity index is 2.44. The lowest BCUT2D eigenvalue weighted by atomic mass is 9.87. The van der Waals surface area contributed by atoms with E-state index < -0.39 is 0 Å². The second kappa shape index (κ2) is 8.13. The van der Waals surface area contributed by atoms with E-state index in [9.17, 15) is 0 Å². The van der Waals surface area contributed by atoms with Gasteiger partial charge < -0.3 is 0 Å². The molecule has 1 saturated heterocycles. The van der Waals surface area contributed by atoms with E-state index in [2.05, 4.69) is 31.1 Å². The molecule has 108 valence electrons. The second-order valence-corrected chi connectivity index (χ2v) is 6.27. The van der Waals surface area contributed by atoms with Gasteiger partial charge in [0.2, 0.25) is 0 Å². The summed E-state index contributed by atoms with van der Waals surface area (Å²) < 4.78 is 0. The number of nitrogens with one attached hydrogen (secondary N) is 1. The number of piperidine rings is 1. The number of likely N-dealkylation sites (tertiary alicyclic amines) is 1. The van der Waals surface area contributed by atoms with Crippen LogP contribution in [0.15, 0.2) is 0 Å². The summed E-state index contributed by atoms with van der Waals surface area (Å²) in [6.07, 6.45) is 10.6. The molecule has 1 atom stereocenters. The van der Waals surface area contributed by atoms with Gasteiger partial charge in [0.15, 0.2) is 0 Å². The van der Waals surface area contributed by atoms with Gasteiger partial charge in [0, 0.05) is 11.6 Å². The van der Waals surface area contributed by atoms with Crippen molar-refractivity contribution in [3.63, 3.8) is 0 Å². The first-order chi connectivity index (χ1) is 8.62. The summed E-state index contributed by atoms with van der Waals surface area (Å²) in [5.41, 5.74) is 3.26. The highest BCUT2D eigenvalue weighted by atomic mass is 15.3. The molecule has 0 aliphatic carbocycles. The van der Waals surface area contributed by atoms with Crippen molar-refractivity contribution >= 4 is 0 Å². The number of nitrogens with zero attached hydrogens (tertiary/aromatic N) is 1. The third kappa shape index (κ3) is 4.52. The topological polar surface area (TPSA) is 41.3 Å². The first-order valence-corrected chi connectivity index (χ1v) is 7.84. The summed E-state index contributed by atoms with van der Waals surface area (Å²) in [6, 6.07) is 0.410. The van der Waals surface area contributed by atoms with Crippen LogP contribution in [0.3, 0.4) is 0 Å². The van der Waals surface area contributed by atoms with Gasteiger partial charge in [0.25, 0.3) is 0 Å². The van der Waals surface area contributed by atoms with Crippen molar-refractivity contribution in [2.75, 3.05) is 13.1 Å². The number of rotatable bonds is 8. The van der Waals surface area contributed by atoms with Crippen molar-refractivity contribution in [2.24, 2.45) is 5.84 Å². The molecule has 0 bridgehead atoms. The van der Waals surface area contributed by atoms with Crippen LogP contribution in [-0.4, -0.2) is 29.6 Å². The molecular weight excluding hydrogens is 222 g/mol. The molecule has 0 aromatic rings. The fraction of sp³-hybridized carbons (Fsp3) is 1.00. The fourth-order valence-corrected chi connectivity index (χ4v) is 3.11. The maximum atomic E-state index is 5.80. The second-order valence-electron chi connectivity index (χ2n) is 6.27. The molecule has 18 heavy (non-hydrogen) atoms. The zero-order valence-corrected chi connectivity index (χ0v) is 12.7. The molecule has 1 heterocycles. The number of hydrogen-bond donors (Lipinski definition) is 2. The van der Waals surface area contributed by atoms with Gasteiger partial charge in [-0.2, -0.15) is 0 Å². The molecule has 0 aromatic carbocycles. The predicted molar refractivity (Wildman–Crippen MR) is 79.4 cm³/mol. The summed E-state index contributed by atoms with van der Waals surface area (Å²) in [7, 11) is 0. The van der Waals surface area contributed by atoms with Gasteiger partial charge in [-0.05, 0) is 46.2 Å². The predicted octanol–water partition coefficient (Wildman–Crippen LogP) is 3.05. The lowest BCUT2D eigenvalue weighted by molar-refractivity contribution is 0.0573. The number of unbranched alkanes of at least 4 members (excludes halogenated alkanes) is 3. The summed E-state index contributed by atoms with van der Waals surface area (Å²) in [5.74, 6) is 5.80. The molecule has 3 nitrogen and oxygen atoms in total. The van der Waals surface area contributed by atoms with Gasteiger partial charge in [0.05, 0.1) is 0 Å². The van der Waals surface area contributed by atoms with E-state index in [1.807, 2.05) is 0 Å². The van der Waals surface area contributed by atoms with Gasteiger partial charge in [-0.15, -0.1) is 0 Å². The zero-order valence-electron chi connectivity index (χ0n) is 12.7. The minimum Gasteiger partial charge on any atom is -0.297 e. The Kier molecular flexibility index (Phi) is 7.20. The Bertz CT molecular complexity index is 210. The van der Waals surface area contributed by atoms with Crippen molar-refractivity contribution in [2.45, 2.75) is 83.7 Å². The fourth-order valence-electron chi connectivity index (χ4n) is 3.11. The number of nitrogens with two attached hydrogens (primary N) is 1. The van der Waals surface area contributed by atoms with E-state index in [1.165, 1.54) is 64.5 Å². The molecular formula is C15H33N3.